The minimum absolute atomic E-state index is 0.0249. The Kier molecular flexibility index (Phi) is 6.39. The van der Waals surface area contributed by atoms with Crippen molar-refractivity contribution in [1.82, 2.24) is 20.3 Å². The zero-order valence-electron chi connectivity index (χ0n) is 19.1. The van der Waals surface area contributed by atoms with E-state index in [-0.39, 0.29) is 23.4 Å². The highest BCUT2D eigenvalue weighted by atomic mass is 32.2. The first-order chi connectivity index (χ1) is 16.1. The SMILES string of the molecule is C=CC1CC1(NC(=O)C1CCCN1)C(=O)NS(=O)(=O)C1(C)CC1.O=c1[nH]ccc2ccccc12. The third-order valence-electron chi connectivity index (χ3n) is 6.94. The number of hydrogen-bond acceptors (Lipinski definition) is 6. The zero-order valence-corrected chi connectivity index (χ0v) is 19.9. The van der Waals surface area contributed by atoms with Crippen molar-refractivity contribution in [3.8, 4) is 0 Å². The van der Waals surface area contributed by atoms with Gasteiger partial charge >= 0.3 is 0 Å². The van der Waals surface area contributed by atoms with E-state index in [0.29, 0.717) is 19.3 Å². The number of fused-ring (bicyclic) bond motifs is 1. The highest BCUT2D eigenvalue weighted by Gasteiger charge is 2.62. The molecule has 3 atom stereocenters. The monoisotopic (exact) mass is 486 g/mol. The average Bonchev–Trinajstić information content (AvgIpc) is 3.66. The van der Waals surface area contributed by atoms with Crippen LogP contribution in [0.3, 0.4) is 0 Å². The summed E-state index contributed by atoms with van der Waals surface area (Å²) >= 11 is 0. The van der Waals surface area contributed by atoms with Crippen LogP contribution < -0.4 is 20.9 Å². The molecule has 9 nitrogen and oxygen atoms in total. The van der Waals surface area contributed by atoms with Gasteiger partial charge in [0.15, 0.2) is 0 Å². The summed E-state index contributed by atoms with van der Waals surface area (Å²) in [6.45, 7) is 6.06. The van der Waals surface area contributed by atoms with E-state index in [1.54, 1.807) is 19.2 Å². The number of rotatable bonds is 6. The number of sulfonamides is 1. The molecular weight excluding hydrogens is 456 g/mol. The zero-order chi connectivity index (χ0) is 24.6. The predicted molar refractivity (Wildman–Crippen MR) is 129 cm³/mol. The van der Waals surface area contributed by atoms with Crippen LogP contribution in [0.4, 0.5) is 0 Å². The number of aromatic nitrogens is 1. The quantitative estimate of drug-likeness (QED) is 0.455. The lowest BCUT2D eigenvalue weighted by atomic mass is 10.1. The second-order valence-corrected chi connectivity index (χ2v) is 11.6. The number of carbonyl (C=O) groups is 2. The van der Waals surface area contributed by atoms with Crippen LogP contribution in [0.1, 0.15) is 39.0 Å². The third kappa shape index (κ3) is 4.65. The second-order valence-electron chi connectivity index (χ2n) is 9.43. The van der Waals surface area contributed by atoms with Crippen molar-refractivity contribution in [2.45, 2.75) is 55.4 Å². The lowest BCUT2D eigenvalue weighted by Gasteiger charge is -2.22. The van der Waals surface area contributed by atoms with E-state index < -0.39 is 26.2 Å². The molecule has 10 heteroatoms. The van der Waals surface area contributed by atoms with Gasteiger partial charge in [-0.1, -0.05) is 24.3 Å². The molecule has 34 heavy (non-hydrogen) atoms. The summed E-state index contributed by atoms with van der Waals surface area (Å²) in [4.78, 5) is 38.6. The van der Waals surface area contributed by atoms with E-state index in [9.17, 15) is 22.8 Å². The maximum absolute atomic E-state index is 12.6. The van der Waals surface area contributed by atoms with E-state index in [4.69, 9.17) is 0 Å². The third-order valence-corrected chi connectivity index (χ3v) is 9.10. The van der Waals surface area contributed by atoms with Gasteiger partial charge in [0.05, 0.1) is 10.8 Å². The van der Waals surface area contributed by atoms with Crippen LogP contribution in [0.15, 0.2) is 54.0 Å². The molecule has 1 aromatic heterocycles. The normalized spacial score (nSPS) is 26.6. The summed E-state index contributed by atoms with van der Waals surface area (Å²) in [5.74, 6) is -1.14. The van der Waals surface area contributed by atoms with E-state index in [1.165, 1.54) is 0 Å². The predicted octanol–water partition coefficient (Wildman–Crippen LogP) is 1.33. The van der Waals surface area contributed by atoms with Crippen molar-refractivity contribution in [3.63, 3.8) is 0 Å². The van der Waals surface area contributed by atoms with Crippen molar-refractivity contribution >= 4 is 32.6 Å². The fourth-order valence-electron chi connectivity index (χ4n) is 4.16. The van der Waals surface area contributed by atoms with E-state index in [0.717, 1.165) is 30.2 Å². The Morgan fingerprint density at radius 2 is 1.94 bits per heavy atom. The average molecular weight is 487 g/mol. The molecule has 182 valence electrons. The summed E-state index contributed by atoms with van der Waals surface area (Å²) in [6.07, 6.45) is 6.36. The molecule has 1 aromatic carbocycles. The first kappa shape index (κ1) is 24.2. The Morgan fingerprint density at radius 3 is 2.53 bits per heavy atom. The molecule has 1 aliphatic heterocycles. The van der Waals surface area contributed by atoms with Crippen LogP contribution in [-0.4, -0.2) is 48.1 Å². The topological polar surface area (TPSA) is 137 Å². The summed E-state index contributed by atoms with van der Waals surface area (Å²) in [7, 11) is -3.72. The van der Waals surface area contributed by atoms with Crippen molar-refractivity contribution in [1.29, 1.82) is 0 Å². The molecule has 3 fully saturated rings. The van der Waals surface area contributed by atoms with E-state index in [1.807, 2.05) is 30.3 Å². The van der Waals surface area contributed by atoms with Gasteiger partial charge in [-0.15, -0.1) is 6.58 Å². The van der Waals surface area contributed by atoms with Crippen molar-refractivity contribution in [2.24, 2.45) is 5.92 Å². The van der Waals surface area contributed by atoms with Crippen LogP contribution in [-0.2, 0) is 19.6 Å². The van der Waals surface area contributed by atoms with Crippen LogP contribution in [0.25, 0.3) is 10.8 Å². The van der Waals surface area contributed by atoms with Crippen LogP contribution in [0.5, 0.6) is 0 Å². The number of carbonyl (C=O) groups excluding carboxylic acids is 2. The van der Waals surface area contributed by atoms with Crippen molar-refractivity contribution < 1.29 is 18.0 Å². The molecule has 2 aromatic rings. The number of hydrogen-bond donors (Lipinski definition) is 4. The van der Waals surface area contributed by atoms with Crippen molar-refractivity contribution in [3.05, 3.63) is 59.5 Å². The smallest absolute Gasteiger partial charge is 0.259 e. The van der Waals surface area contributed by atoms with Crippen molar-refractivity contribution in [2.75, 3.05) is 6.54 Å². The Balaban J connectivity index is 0.000000207. The number of nitrogens with one attached hydrogen (secondary N) is 4. The second kappa shape index (κ2) is 8.99. The lowest BCUT2D eigenvalue weighted by Crippen LogP contribution is -2.56. The van der Waals surface area contributed by atoms with Gasteiger partial charge in [0.2, 0.25) is 15.9 Å². The Hall–Kier alpha value is -2.98. The fraction of sp³-hybridized carbons (Fsp3) is 0.458. The molecule has 4 N–H and O–H groups in total. The number of benzene rings is 1. The van der Waals surface area contributed by atoms with Crippen LogP contribution in [0.2, 0.25) is 0 Å². The highest BCUT2D eigenvalue weighted by molar-refractivity contribution is 7.91. The van der Waals surface area contributed by atoms with Gasteiger partial charge in [0.1, 0.15) is 5.54 Å². The van der Waals surface area contributed by atoms with Gasteiger partial charge in [0, 0.05) is 17.5 Å². The Labute approximate surface area is 198 Å². The molecule has 2 amide bonds. The van der Waals surface area contributed by atoms with Gasteiger partial charge in [-0.25, -0.2) is 8.42 Å². The molecule has 3 aliphatic rings. The minimum Gasteiger partial charge on any atom is -0.340 e. The molecular formula is C24H30N4O5S. The van der Waals surface area contributed by atoms with E-state index >= 15 is 0 Å². The van der Waals surface area contributed by atoms with Crippen LogP contribution in [0, 0.1) is 5.92 Å². The molecule has 0 spiro atoms. The molecule has 2 aliphatic carbocycles. The van der Waals surface area contributed by atoms with E-state index in [2.05, 4.69) is 26.9 Å². The maximum atomic E-state index is 12.6. The van der Waals surface area contributed by atoms with Gasteiger partial charge in [-0.2, -0.15) is 0 Å². The summed E-state index contributed by atoms with van der Waals surface area (Å²) in [5, 5.41) is 7.56. The molecule has 0 radical (unpaired) electrons. The maximum Gasteiger partial charge on any atom is 0.259 e. The lowest BCUT2D eigenvalue weighted by molar-refractivity contribution is -0.130. The number of aromatic amines is 1. The van der Waals surface area contributed by atoms with Gasteiger partial charge in [-0.3, -0.25) is 19.1 Å². The standard InChI is InChI=1S/C15H23N3O4S.C9H7NO/c1-3-10-9-15(10,17-12(19)11-5-4-8-16-11)13(20)18-23(21,22)14(2)6-7-14;11-9-8-4-2-1-3-7(8)5-6-10-9/h3,10-11,16H,1,4-9H2,2H3,(H,17,19)(H,18,20);1-6H,(H,10,11). The molecule has 5 rings (SSSR count). The summed E-state index contributed by atoms with van der Waals surface area (Å²) in [6, 6.07) is 9.08. The summed E-state index contributed by atoms with van der Waals surface area (Å²) < 4.78 is 25.8. The van der Waals surface area contributed by atoms with Gasteiger partial charge in [-0.05, 0) is 63.1 Å². The number of pyridine rings is 1. The van der Waals surface area contributed by atoms with Gasteiger partial charge in [0.25, 0.3) is 11.5 Å². The minimum atomic E-state index is -3.72. The largest absolute Gasteiger partial charge is 0.340 e. The first-order valence-corrected chi connectivity index (χ1v) is 12.9. The number of amides is 2. The van der Waals surface area contributed by atoms with Gasteiger partial charge < -0.3 is 15.6 Å². The number of H-pyrrole nitrogens is 1. The first-order valence-electron chi connectivity index (χ1n) is 11.4. The molecule has 2 saturated carbocycles. The Bertz CT molecular complexity index is 1270. The molecule has 1 saturated heterocycles. The summed E-state index contributed by atoms with van der Waals surface area (Å²) in [5.41, 5.74) is -1.20. The molecule has 3 unspecified atom stereocenters. The fourth-order valence-corrected chi connectivity index (χ4v) is 5.48. The molecule has 2 heterocycles. The van der Waals surface area contributed by atoms with Crippen LogP contribution >= 0.6 is 0 Å². The Morgan fingerprint density at radius 1 is 1.21 bits per heavy atom. The highest BCUT2D eigenvalue weighted by Crippen LogP contribution is 2.46. The molecule has 0 bridgehead atoms.